The molecule has 4 unspecified atom stereocenters. The van der Waals surface area contributed by atoms with E-state index >= 15 is 0 Å². The maximum absolute atomic E-state index is 14.4. The average molecular weight is 990 g/mol. The molecule has 15 atom stereocenters. The second-order valence-corrected chi connectivity index (χ2v) is 23.0. The SMILES string of the molecule is CO[C@@H]1CC(C[C@@H](C)[C@@H]2CC[C@H](N)/C=C(\C)[C@@H](O)[C@@H](OC)C(=O)[C@H](C)C[C@H](C)/C=C/C=C/C=C(\C)[C@H](N3CCCS3(=O)=O)CC3CCC(C)[C@@](O)(O3)C(=O)C(=O)N3CCCCC3C(=O)O2)CC[C@H]1O. The van der Waals surface area contributed by atoms with Crippen LogP contribution >= 0.6 is 0 Å². The molecule has 0 aromatic carbocycles. The van der Waals surface area contributed by atoms with Gasteiger partial charge in [-0.05, 0) is 127 Å². The summed E-state index contributed by atoms with van der Waals surface area (Å²) in [6.07, 6.45) is 12.8. The van der Waals surface area contributed by atoms with Crippen LogP contribution in [0.25, 0.3) is 0 Å². The molecule has 390 valence electrons. The number of piperidine rings is 1. The molecule has 1 amide bonds. The van der Waals surface area contributed by atoms with Crippen molar-refractivity contribution in [3.63, 3.8) is 0 Å². The Hall–Kier alpha value is -3.13. The van der Waals surface area contributed by atoms with E-state index in [1.165, 1.54) is 16.3 Å². The van der Waals surface area contributed by atoms with Gasteiger partial charge in [0.15, 0.2) is 5.78 Å². The van der Waals surface area contributed by atoms with Crippen LogP contribution in [0, 0.1) is 29.6 Å². The van der Waals surface area contributed by atoms with E-state index in [1.807, 2.05) is 58.1 Å². The van der Waals surface area contributed by atoms with Crippen molar-refractivity contribution in [2.24, 2.45) is 35.3 Å². The zero-order chi connectivity index (χ0) is 50.8. The molecule has 4 aliphatic heterocycles. The Morgan fingerprint density at radius 1 is 0.855 bits per heavy atom. The molecule has 0 spiro atoms. The summed E-state index contributed by atoms with van der Waals surface area (Å²) < 4.78 is 52.0. The second-order valence-electron chi connectivity index (χ2n) is 20.9. The van der Waals surface area contributed by atoms with Crippen molar-refractivity contribution in [2.45, 2.75) is 192 Å². The molecular formula is C52H83N3O13S. The van der Waals surface area contributed by atoms with Gasteiger partial charge in [0.2, 0.25) is 15.8 Å². The number of ketones is 2. The van der Waals surface area contributed by atoms with E-state index < -0.39 is 94.0 Å². The molecule has 5 aliphatic rings. The topological polar surface area (TPSA) is 233 Å². The Morgan fingerprint density at radius 3 is 2.28 bits per heavy atom. The van der Waals surface area contributed by atoms with E-state index in [4.69, 9.17) is 24.7 Å². The monoisotopic (exact) mass is 990 g/mol. The number of esters is 1. The number of nitrogens with two attached hydrogens (primary N) is 1. The van der Waals surface area contributed by atoms with Gasteiger partial charge in [-0.2, -0.15) is 4.31 Å². The van der Waals surface area contributed by atoms with Gasteiger partial charge in [0.25, 0.3) is 11.7 Å². The van der Waals surface area contributed by atoms with E-state index in [2.05, 4.69) is 0 Å². The van der Waals surface area contributed by atoms with Crippen molar-refractivity contribution in [3.8, 4) is 0 Å². The molecular weight excluding hydrogens is 907 g/mol. The number of methoxy groups -OCH3 is 2. The fourth-order valence-electron chi connectivity index (χ4n) is 11.2. The van der Waals surface area contributed by atoms with Crippen LogP contribution in [-0.2, 0) is 48.1 Å². The number of aliphatic hydroxyl groups is 3. The highest BCUT2D eigenvalue weighted by atomic mass is 32.2. The predicted molar refractivity (Wildman–Crippen MR) is 262 cm³/mol. The second kappa shape index (κ2) is 25.5. The lowest BCUT2D eigenvalue weighted by Crippen LogP contribution is -2.61. The molecule has 16 nitrogen and oxygen atoms in total. The molecule has 0 radical (unpaired) electrons. The molecule has 17 heteroatoms. The van der Waals surface area contributed by atoms with E-state index in [1.54, 1.807) is 27.0 Å². The number of carbonyl (C=O) groups excluding carboxylic acids is 4. The van der Waals surface area contributed by atoms with Gasteiger partial charge in [-0.25, -0.2) is 13.2 Å². The highest BCUT2D eigenvalue weighted by Gasteiger charge is 2.53. The van der Waals surface area contributed by atoms with Gasteiger partial charge < -0.3 is 44.9 Å². The highest BCUT2D eigenvalue weighted by molar-refractivity contribution is 7.89. The van der Waals surface area contributed by atoms with Crippen LogP contribution in [0.2, 0.25) is 0 Å². The predicted octanol–water partition coefficient (Wildman–Crippen LogP) is 5.08. The summed E-state index contributed by atoms with van der Waals surface area (Å²) in [5.74, 6) is -6.92. The van der Waals surface area contributed by atoms with Gasteiger partial charge >= 0.3 is 5.97 Å². The maximum Gasteiger partial charge on any atom is 0.329 e. The number of hydrogen-bond donors (Lipinski definition) is 4. The van der Waals surface area contributed by atoms with Crippen molar-refractivity contribution in [1.82, 2.24) is 9.21 Å². The minimum absolute atomic E-state index is 0.00101. The van der Waals surface area contributed by atoms with Gasteiger partial charge in [0, 0.05) is 51.2 Å². The number of amides is 1. The van der Waals surface area contributed by atoms with Crippen molar-refractivity contribution in [1.29, 1.82) is 0 Å². The van der Waals surface area contributed by atoms with E-state index in [0.717, 1.165) is 12.0 Å². The van der Waals surface area contributed by atoms with Crippen LogP contribution in [0.1, 0.15) is 131 Å². The molecule has 4 fully saturated rings. The standard InChI is InChI=1S/C52H83N3O13S/c1-32-15-10-9-11-16-33(2)42(55-25-14-26-69(55,63)64)31-40-21-18-37(6)52(62,68-40)49(59)50(60)54-24-13-12-17-41(54)51(61)67-44(34(3)28-38-19-22-43(56)45(30-38)65-7)23-20-39(53)29-36(5)47(58)48(66-8)46(57)35(4)27-32/h9-11,15-16,29,32,34-35,37-45,47-48,56,58,62H,12-14,17-28,30-31,53H2,1-8H3/b11-9+,15-10+,33-16+,36-29+/t32-,34-,35-,37?,38?,39+,40?,41?,42-,43-,44+,45-,47-,48+,52-/m1/s1. The first-order valence-electron chi connectivity index (χ1n) is 25.5. The highest BCUT2D eigenvalue weighted by Crippen LogP contribution is 2.39. The average Bonchev–Trinajstić information content (AvgIpc) is 3.67. The largest absolute Gasteiger partial charge is 0.461 e. The number of ether oxygens (including phenoxy) is 4. The number of rotatable bonds is 6. The van der Waals surface area contributed by atoms with Crippen LogP contribution in [-0.4, -0.2) is 150 Å². The minimum atomic E-state index is -3.61. The number of allylic oxidation sites excluding steroid dienone is 5. The zero-order valence-electron chi connectivity index (χ0n) is 42.4. The first kappa shape index (κ1) is 56.8. The van der Waals surface area contributed by atoms with Crippen LogP contribution in [0.3, 0.4) is 0 Å². The van der Waals surface area contributed by atoms with Crippen molar-refractivity contribution < 1.29 is 61.9 Å². The van der Waals surface area contributed by atoms with Gasteiger partial charge in [0.05, 0.1) is 24.1 Å². The molecule has 5 N–H and O–H groups in total. The Labute approximate surface area is 411 Å². The Morgan fingerprint density at radius 2 is 1.59 bits per heavy atom. The summed E-state index contributed by atoms with van der Waals surface area (Å²) in [5, 5.41) is 34.1. The minimum Gasteiger partial charge on any atom is -0.461 e. The molecule has 3 saturated heterocycles. The smallest absolute Gasteiger partial charge is 0.329 e. The molecule has 1 saturated carbocycles. The Balaban J connectivity index is 1.48. The number of aliphatic hydroxyl groups excluding tert-OH is 2. The Kier molecular flexibility index (Phi) is 21.0. The quantitative estimate of drug-likeness (QED) is 0.155. The Bertz CT molecular complexity index is 2010. The number of Topliss-reactive ketones (excluding diaryl/α,β-unsaturated/α-hetero) is 2. The third kappa shape index (κ3) is 14.5. The molecule has 5 rings (SSSR count). The molecule has 1 aliphatic carbocycles. The fourth-order valence-corrected chi connectivity index (χ4v) is 13.0. The van der Waals surface area contributed by atoms with E-state index in [9.17, 15) is 42.9 Å². The van der Waals surface area contributed by atoms with Crippen molar-refractivity contribution in [2.75, 3.05) is 33.1 Å². The summed E-state index contributed by atoms with van der Waals surface area (Å²) in [7, 11) is -0.628. The van der Waals surface area contributed by atoms with Crippen molar-refractivity contribution >= 4 is 33.5 Å². The van der Waals surface area contributed by atoms with Gasteiger partial charge in [-0.1, -0.05) is 69.7 Å². The first-order valence-corrected chi connectivity index (χ1v) is 27.1. The van der Waals surface area contributed by atoms with E-state index in [-0.39, 0.29) is 54.8 Å². The summed E-state index contributed by atoms with van der Waals surface area (Å²) >= 11 is 0. The van der Waals surface area contributed by atoms with Crippen LogP contribution in [0.15, 0.2) is 47.6 Å². The third-order valence-electron chi connectivity index (χ3n) is 15.5. The van der Waals surface area contributed by atoms with E-state index in [0.29, 0.717) is 82.7 Å². The lowest BCUT2D eigenvalue weighted by molar-refractivity contribution is -0.264. The zero-order valence-corrected chi connectivity index (χ0v) is 43.2. The van der Waals surface area contributed by atoms with Crippen LogP contribution in [0.4, 0.5) is 0 Å². The normalized spacial score (nSPS) is 40.9. The fraction of sp³-hybridized carbons (Fsp3) is 0.769. The molecule has 69 heavy (non-hydrogen) atoms. The first-order chi connectivity index (χ1) is 32.6. The summed E-state index contributed by atoms with van der Waals surface area (Å²) in [4.78, 5) is 58.2. The number of cyclic esters (lactones) is 1. The maximum atomic E-state index is 14.4. The van der Waals surface area contributed by atoms with Crippen molar-refractivity contribution in [3.05, 3.63) is 47.6 Å². The van der Waals surface area contributed by atoms with Gasteiger partial charge in [-0.3, -0.25) is 14.4 Å². The number of fused-ring (bicyclic) bond motifs is 3. The molecule has 0 aromatic rings. The van der Waals surface area contributed by atoms with Gasteiger partial charge in [0.1, 0.15) is 24.4 Å². The molecule has 4 heterocycles. The van der Waals surface area contributed by atoms with Crippen LogP contribution in [0.5, 0.6) is 0 Å². The number of carbonyl (C=O) groups is 4. The lowest BCUT2D eigenvalue weighted by Gasteiger charge is -2.43. The molecule has 2 bridgehead atoms. The third-order valence-corrected chi connectivity index (χ3v) is 17.5. The van der Waals surface area contributed by atoms with Gasteiger partial charge in [-0.15, -0.1) is 0 Å². The summed E-state index contributed by atoms with van der Waals surface area (Å²) in [6.45, 7) is 11.4. The molecule has 0 aromatic heterocycles. The number of hydrogen-bond acceptors (Lipinski definition) is 14. The lowest BCUT2D eigenvalue weighted by atomic mass is 9.78. The van der Waals surface area contributed by atoms with Crippen LogP contribution < -0.4 is 5.73 Å². The summed E-state index contributed by atoms with van der Waals surface area (Å²) in [6, 6.07) is -2.36. The number of sulfonamides is 1. The number of nitrogens with zero attached hydrogens (tertiary/aromatic N) is 2. The summed E-state index contributed by atoms with van der Waals surface area (Å²) in [5.41, 5.74) is 7.87.